The molecule has 1 aliphatic rings. The van der Waals surface area contributed by atoms with Crippen LogP contribution >= 0.6 is 11.6 Å². The first-order chi connectivity index (χ1) is 13.1. The Morgan fingerprint density at radius 1 is 1.30 bits per heavy atom. The molecule has 1 saturated heterocycles. The number of hydrogen-bond donors (Lipinski definition) is 1. The summed E-state index contributed by atoms with van der Waals surface area (Å²) in [6.45, 7) is 8.40. The van der Waals surface area contributed by atoms with Gasteiger partial charge in [-0.25, -0.2) is 0 Å². The average molecular weight is 390 g/mol. The van der Waals surface area contributed by atoms with Gasteiger partial charge in [0, 0.05) is 42.3 Å². The normalized spacial score (nSPS) is 16.6. The minimum absolute atomic E-state index is 0.120. The quantitative estimate of drug-likeness (QED) is 0.783. The first-order valence-corrected chi connectivity index (χ1v) is 10.2. The molecule has 1 N–H and O–H groups in total. The summed E-state index contributed by atoms with van der Waals surface area (Å²) in [7, 11) is 0. The van der Waals surface area contributed by atoms with Crippen LogP contribution in [0.2, 0.25) is 5.02 Å². The van der Waals surface area contributed by atoms with E-state index in [0.29, 0.717) is 34.6 Å². The van der Waals surface area contributed by atoms with Crippen LogP contribution in [-0.2, 0) is 4.74 Å². The van der Waals surface area contributed by atoms with Gasteiger partial charge in [0.1, 0.15) is 0 Å². The van der Waals surface area contributed by atoms with E-state index in [4.69, 9.17) is 16.3 Å². The highest BCUT2D eigenvalue weighted by Crippen LogP contribution is 2.23. The van der Waals surface area contributed by atoms with Crippen molar-refractivity contribution in [3.63, 3.8) is 0 Å². The maximum absolute atomic E-state index is 12.9. The lowest BCUT2D eigenvalue weighted by Gasteiger charge is -2.38. The van der Waals surface area contributed by atoms with Gasteiger partial charge in [-0.3, -0.25) is 14.7 Å². The fraction of sp³-hybridized carbons (Fsp3) is 0.524. The van der Waals surface area contributed by atoms with Crippen LogP contribution in [0.1, 0.15) is 37.0 Å². The molecule has 1 aromatic carbocycles. The van der Waals surface area contributed by atoms with Crippen LogP contribution in [-0.4, -0.2) is 54.7 Å². The standard InChI is InChI=1S/C21H28ClN3O2/c1-3-15(4-2)19(25-8-10-27-11-9-25)14-24-21(26)18-13-17(22)12-16-6-5-7-23-20(16)18/h5-7,12-13,15,19H,3-4,8-11,14H2,1-2H3,(H,24,26). The minimum atomic E-state index is -0.120. The second kappa shape index (κ2) is 9.49. The van der Waals surface area contributed by atoms with Crippen molar-refractivity contribution in [3.05, 3.63) is 41.0 Å². The highest BCUT2D eigenvalue weighted by atomic mass is 35.5. The van der Waals surface area contributed by atoms with E-state index in [-0.39, 0.29) is 5.91 Å². The van der Waals surface area contributed by atoms with Crippen molar-refractivity contribution < 1.29 is 9.53 Å². The predicted octanol–water partition coefficient (Wildman–Crippen LogP) is 3.76. The summed E-state index contributed by atoms with van der Waals surface area (Å²) in [5, 5.41) is 4.57. The highest BCUT2D eigenvalue weighted by Gasteiger charge is 2.27. The van der Waals surface area contributed by atoms with Crippen molar-refractivity contribution in [2.45, 2.75) is 32.7 Å². The van der Waals surface area contributed by atoms with Gasteiger partial charge in [0.2, 0.25) is 0 Å². The summed E-state index contributed by atoms with van der Waals surface area (Å²) < 4.78 is 5.50. The Balaban J connectivity index is 1.77. The molecule has 1 fully saturated rings. The third-order valence-corrected chi connectivity index (χ3v) is 5.71. The van der Waals surface area contributed by atoms with Crippen LogP contribution in [0.3, 0.4) is 0 Å². The van der Waals surface area contributed by atoms with E-state index in [2.05, 4.69) is 29.0 Å². The van der Waals surface area contributed by atoms with E-state index in [1.165, 1.54) is 0 Å². The van der Waals surface area contributed by atoms with Crippen molar-refractivity contribution in [2.75, 3.05) is 32.8 Å². The highest BCUT2D eigenvalue weighted by molar-refractivity contribution is 6.32. The van der Waals surface area contributed by atoms with Gasteiger partial charge < -0.3 is 10.1 Å². The van der Waals surface area contributed by atoms with Gasteiger partial charge in [-0.15, -0.1) is 0 Å². The number of carbonyl (C=O) groups is 1. The van der Waals surface area contributed by atoms with Gasteiger partial charge in [-0.1, -0.05) is 44.4 Å². The molecular weight excluding hydrogens is 362 g/mol. The lowest BCUT2D eigenvalue weighted by molar-refractivity contribution is 0.00192. The lowest BCUT2D eigenvalue weighted by Crippen LogP contribution is -2.52. The van der Waals surface area contributed by atoms with Gasteiger partial charge in [0.05, 0.1) is 24.3 Å². The van der Waals surface area contributed by atoms with Crippen LogP contribution in [0.4, 0.5) is 0 Å². The fourth-order valence-electron chi connectivity index (χ4n) is 3.96. The third kappa shape index (κ3) is 4.78. The molecule has 1 amide bonds. The maximum Gasteiger partial charge on any atom is 0.253 e. The molecule has 2 aromatic rings. The Kier molecular flexibility index (Phi) is 7.05. The topological polar surface area (TPSA) is 54.5 Å². The number of nitrogens with zero attached hydrogens (tertiary/aromatic N) is 2. The number of morpholine rings is 1. The maximum atomic E-state index is 12.9. The summed E-state index contributed by atoms with van der Waals surface area (Å²) in [5.41, 5.74) is 1.22. The van der Waals surface area contributed by atoms with Crippen molar-refractivity contribution >= 4 is 28.4 Å². The van der Waals surface area contributed by atoms with E-state index in [0.717, 1.165) is 44.5 Å². The van der Waals surface area contributed by atoms with Crippen molar-refractivity contribution in [2.24, 2.45) is 5.92 Å². The van der Waals surface area contributed by atoms with E-state index in [1.54, 1.807) is 12.3 Å². The first-order valence-electron chi connectivity index (χ1n) is 9.78. The molecule has 1 aromatic heterocycles. The molecule has 0 bridgehead atoms. The fourth-order valence-corrected chi connectivity index (χ4v) is 4.18. The second-order valence-corrected chi connectivity index (χ2v) is 7.47. The van der Waals surface area contributed by atoms with Crippen LogP contribution in [0.5, 0.6) is 0 Å². The molecule has 146 valence electrons. The zero-order valence-corrected chi connectivity index (χ0v) is 16.8. The van der Waals surface area contributed by atoms with Crippen molar-refractivity contribution in [3.8, 4) is 0 Å². The number of hydrogen-bond acceptors (Lipinski definition) is 4. The molecule has 0 saturated carbocycles. The summed E-state index contributed by atoms with van der Waals surface area (Å²) in [6, 6.07) is 7.62. The summed E-state index contributed by atoms with van der Waals surface area (Å²) in [6.07, 6.45) is 3.89. The minimum Gasteiger partial charge on any atom is -0.379 e. The first kappa shape index (κ1) is 20.1. The molecule has 3 rings (SSSR count). The monoisotopic (exact) mass is 389 g/mol. The molecule has 0 spiro atoms. The number of carbonyl (C=O) groups excluding carboxylic acids is 1. The van der Waals surface area contributed by atoms with E-state index < -0.39 is 0 Å². The van der Waals surface area contributed by atoms with Gasteiger partial charge in [0.25, 0.3) is 5.91 Å². The molecule has 0 aliphatic carbocycles. The number of amides is 1. The molecule has 6 heteroatoms. The molecular formula is C21H28ClN3O2. The average Bonchev–Trinajstić information content (AvgIpc) is 2.70. The van der Waals surface area contributed by atoms with E-state index in [9.17, 15) is 4.79 Å². The predicted molar refractivity (Wildman–Crippen MR) is 109 cm³/mol. The second-order valence-electron chi connectivity index (χ2n) is 7.03. The largest absolute Gasteiger partial charge is 0.379 e. The number of aromatic nitrogens is 1. The molecule has 27 heavy (non-hydrogen) atoms. The number of fused-ring (bicyclic) bond motifs is 1. The van der Waals surface area contributed by atoms with E-state index >= 15 is 0 Å². The van der Waals surface area contributed by atoms with Gasteiger partial charge >= 0.3 is 0 Å². The summed E-state index contributed by atoms with van der Waals surface area (Å²) in [5.74, 6) is 0.419. The zero-order valence-electron chi connectivity index (χ0n) is 16.1. The molecule has 1 unspecified atom stereocenters. The SMILES string of the molecule is CCC(CC)C(CNC(=O)c1cc(Cl)cc2cccnc12)N1CCOCC1. The van der Waals surface area contributed by atoms with Crippen LogP contribution in [0, 0.1) is 5.92 Å². The molecule has 0 radical (unpaired) electrons. The molecule has 1 aliphatic heterocycles. The Hall–Kier alpha value is -1.69. The van der Waals surface area contributed by atoms with Crippen molar-refractivity contribution in [1.29, 1.82) is 0 Å². The smallest absolute Gasteiger partial charge is 0.253 e. The number of nitrogens with one attached hydrogen (secondary N) is 1. The summed E-state index contributed by atoms with van der Waals surface area (Å²) in [4.78, 5) is 19.8. The van der Waals surface area contributed by atoms with Gasteiger partial charge in [-0.05, 0) is 24.1 Å². The van der Waals surface area contributed by atoms with Crippen LogP contribution in [0.25, 0.3) is 10.9 Å². The number of halogens is 1. The molecule has 2 heterocycles. The molecule has 1 atom stereocenters. The lowest BCUT2D eigenvalue weighted by atomic mass is 9.92. The van der Waals surface area contributed by atoms with Crippen molar-refractivity contribution in [1.82, 2.24) is 15.2 Å². The van der Waals surface area contributed by atoms with Crippen LogP contribution < -0.4 is 5.32 Å². The number of ether oxygens (including phenoxy) is 1. The number of rotatable bonds is 7. The van der Waals surface area contributed by atoms with Gasteiger partial charge in [-0.2, -0.15) is 0 Å². The van der Waals surface area contributed by atoms with Crippen LogP contribution in [0.15, 0.2) is 30.5 Å². The summed E-state index contributed by atoms with van der Waals surface area (Å²) >= 11 is 6.22. The number of benzene rings is 1. The number of pyridine rings is 1. The van der Waals surface area contributed by atoms with E-state index in [1.807, 2.05) is 18.2 Å². The van der Waals surface area contributed by atoms with Gasteiger partial charge in [0.15, 0.2) is 0 Å². The molecule has 5 nitrogen and oxygen atoms in total. The Morgan fingerprint density at radius 2 is 2.04 bits per heavy atom. The third-order valence-electron chi connectivity index (χ3n) is 5.49. The zero-order chi connectivity index (χ0) is 19.2. The Labute approximate surface area is 166 Å². The Morgan fingerprint density at radius 3 is 2.74 bits per heavy atom. The Bertz CT molecular complexity index is 773.